The lowest BCUT2D eigenvalue weighted by atomic mass is 10.0. The first-order chi connectivity index (χ1) is 9.29. The topological polar surface area (TPSA) is 38.7 Å². The van der Waals surface area contributed by atoms with E-state index in [9.17, 15) is 18.3 Å². The predicted octanol–water partition coefficient (Wildman–Crippen LogP) is 3.43. The van der Waals surface area contributed by atoms with E-state index < -0.39 is 31.1 Å². The highest BCUT2D eigenvalue weighted by molar-refractivity contribution is 4.98. The fourth-order valence-corrected chi connectivity index (χ4v) is 2.11. The van der Waals surface area contributed by atoms with Crippen molar-refractivity contribution in [3.63, 3.8) is 0 Å². The summed E-state index contributed by atoms with van der Waals surface area (Å²) in [6.45, 7) is 3.53. The fraction of sp³-hybridized carbons (Fsp3) is 0.857. The van der Waals surface area contributed by atoms with Gasteiger partial charge in [-0.3, -0.25) is 0 Å². The molecule has 0 amide bonds. The van der Waals surface area contributed by atoms with Crippen LogP contribution in [0.2, 0.25) is 0 Å². The maximum absolute atomic E-state index is 12.9. The molecule has 6 heteroatoms. The molecule has 1 N–H and O–H groups in total. The molecule has 0 aromatic heterocycles. The van der Waals surface area contributed by atoms with Gasteiger partial charge in [0.05, 0.1) is 18.6 Å². The molecule has 1 heterocycles. The van der Waals surface area contributed by atoms with Gasteiger partial charge < -0.3 is 14.6 Å². The van der Waals surface area contributed by atoms with Crippen molar-refractivity contribution >= 4 is 0 Å². The lowest BCUT2D eigenvalue weighted by Gasteiger charge is -2.27. The smallest absolute Gasteiger partial charge is 0.389 e. The minimum atomic E-state index is -4.38. The van der Waals surface area contributed by atoms with Crippen LogP contribution in [0.25, 0.3) is 0 Å². The zero-order chi connectivity index (χ0) is 15.2. The Hall–Kier alpha value is -0.590. The Morgan fingerprint density at radius 2 is 2.10 bits per heavy atom. The molecule has 1 rings (SSSR count). The molecule has 1 fully saturated rings. The number of hydrogen-bond acceptors (Lipinski definition) is 3. The number of aliphatic hydroxyl groups excluding tert-OH is 1. The summed E-state index contributed by atoms with van der Waals surface area (Å²) in [5, 5.41) is 9.63. The number of ether oxygens (including phenoxy) is 2. The van der Waals surface area contributed by atoms with Gasteiger partial charge >= 0.3 is 6.18 Å². The van der Waals surface area contributed by atoms with Crippen LogP contribution in [-0.4, -0.2) is 36.9 Å². The minimum Gasteiger partial charge on any atom is -0.389 e. The van der Waals surface area contributed by atoms with Crippen molar-refractivity contribution < 1.29 is 27.8 Å². The van der Waals surface area contributed by atoms with Crippen molar-refractivity contribution in [2.75, 3.05) is 13.2 Å². The molecule has 1 aliphatic heterocycles. The van der Waals surface area contributed by atoms with Crippen LogP contribution >= 0.6 is 0 Å². The number of halogens is 3. The summed E-state index contributed by atoms with van der Waals surface area (Å²) in [6, 6.07) is 0. The van der Waals surface area contributed by atoms with Crippen molar-refractivity contribution in [1.29, 1.82) is 0 Å². The third-order valence-corrected chi connectivity index (χ3v) is 3.14. The second-order valence-corrected chi connectivity index (χ2v) is 5.42. The Labute approximate surface area is 117 Å². The van der Waals surface area contributed by atoms with Gasteiger partial charge in [0, 0.05) is 6.61 Å². The number of rotatable bonds is 6. The summed E-state index contributed by atoms with van der Waals surface area (Å²) >= 11 is 0. The van der Waals surface area contributed by atoms with Crippen LogP contribution in [0.15, 0.2) is 11.6 Å². The first-order valence-electron chi connectivity index (χ1n) is 6.92. The molecule has 0 aromatic carbocycles. The van der Waals surface area contributed by atoms with E-state index in [-0.39, 0.29) is 6.42 Å². The van der Waals surface area contributed by atoms with Crippen LogP contribution in [-0.2, 0) is 9.47 Å². The van der Waals surface area contributed by atoms with Gasteiger partial charge in [0.25, 0.3) is 0 Å². The van der Waals surface area contributed by atoms with Crippen LogP contribution in [0.3, 0.4) is 0 Å². The van der Waals surface area contributed by atoms with E-state index in [1.807, 2.05) is 0 Å². The van der Waals surface area contributed by atoms with E-state index in [0.29, 0.717) is 13.0 Å². The molecule has 0 aliphatic carbocycles. The van der Waals surface area contributed by atoms with Crippen LogP contribution in [0.4, 0.5) is 13.2 Å². The van der Waals surface area contributed by atoms with Gasteiger partial charge in [0.15, 0.2) is 6.29 Å². The van der Waals surface area contributed by atoms with E-state index in [1.54, 1.807) is 13.8 Å². The molecule has 3 nitrogen and oxygen atoms in total. The second-order valence-electron chi connectivity index (χ2n) is 5.42. The number of hydrogen-bond donors (Lipinski definition) is 1. The average molecular weight is 296 g/mol. The van der Waals surface area contributed by atoms with E-state index in [1.165, 1.54) is 6.08 Å². The Balaban J connectivity index is 2.49. The fourth-order valence-electron chi connectivity index (χ4n) is 2.11. The van der Waals surface area contributed by atoms with Gasteiger partial charge in [-0.2, -0.15) is 13.2 Å². The predicted molar refractivity (Wildman–Crippen MR) is 69.1 cm³/mol. The Morgan fingerprint density at radius 3 is 2.60 bits per heavy atom. The summed E-state index contributed by atoms with van der Waals surface area (Å²) < 4.78 is 49.2. The van der Waals surface area contributed by atoms with Crippen molar-refractivity contribution in [3.8, 4) is 0 Å². The van der Waals surface area contributed by atoms with E-state index in [0.717, 1.165) is 18.4 Å². The van der Waals surface area contributed by atoms with Crippen molar-refractivity contribution in [3.05, 3.63) is 11.6 Å². The van der Waals surface area contributed by atoms with Gasteiger partial charge in [-0.15, -0.1) is 0 Å². The summed E-state index contributed by atoms with van der Waals surface area (Å²) in [7, 11) is 0. The van der Waals surface area contributed by atoms with Gasteiger partial charge in [0.2, 0.25) is 0 Å². The summed E-state index contributed by atoms with van der Waals surface area (Å²) in [5.74, 6) is -1.68. The first kappa shape index (κ1) is 17.5. The standard InChI is InChI=1S/C14H23F3O3/c1-10(2)7-12(18)8-11(14(15,16)17)9-20-13-5-3-4-6-19-13/h7,11-13,18H,3-6,8-9H2,1-2H3/t11-,12?,13?/m1/s1. The third kappa shape index (κ3) is 6.72. The lowest BCUT2D eigenvalue weighted by molar-refractivity contribution is -0.225. The van der Waals surface area contributed by atoms with Crippen molar-refractivity contribution in [2.45, 2.75) is 58.1 Å². The van der Waals surface area contributed by atoms with E-state index in [4.69, 9.17) is 9.47 Å². The van der Waals surface area contributed by atoms with Gasteiger partial charge in [-0.1, -0.05) is 11.6 Å². The molecule has 2 unspecified atom stereocenters. The molecule has 1 aliphatic rings. The lowest BCUT2D eigenvalue weighted by Crippen LogP contribution is -2.33. The third-order valence-electron chi connectivity index (χ3n) is 3.14. The van der Waals surface area contributed by atoms with Gasteiger partial charge in [-0.05, 0) is 39.5 Å². The Morgan fingerprint density at radius 1 is 1.40 bits per heavy atom. The molecular weight excluding hydrogens is 273 g/mol. The van der Waals surface area contributed by atoms with E-state index in [2.05, 4.69) is 0 Å². The second kappa shape index (κ2) is 8.00. The summed E-state index contributed by atoms with van der Waals surface area (Å²) in [5.41, 5.74) is 0.787. The molecule has 1 saturated heterocycles. The van der Waals surface area contributed by atoms with Crippen LogP contribution < -0.4 is 0 Å². The van der Waals surface area contributed by atoms with Crippen LogP contribution in [0.5, 0.6) is 0 Å². The van der Waals surface area contributed by atoms with Crippen LogP contribution in [0, 0.1) is 5.92 Å². The molecular formula is C14H23F3O3. The number of alkyl halides is 3. The van der Waals surface area contributed by atoms with E-state index >= 15 is 0 Å². The molecule has 0 aromatic rings. The van der Waals surface area contributed by atoms with Gasteiger partial charge in [-0.25, -0.2) is 0 Å². The molecule has 0 bridgehead atoms. The average Bonchev–Trinajstić information content (AvgIpc) is 2.33. The maximum Gasteiger partial charge on any atom is 0.394 e. The van der Waals surface area contributed by atoms with Gasteiger partial charge in [0.1, 0.15) is 0 Å². The highest BCUT2D eigenvalue weighted by Crippen LogP contribution is 2.31. The Bertz CT molecular complexity index is 305. The quantitative estimate of drug-likeness (QED) is 0.763. The number of aliphatic hydroxyl groups is 1. The highest BCUT2D eigenvalue weighted by Gasteiger charge is 2.41. The molecule has 20 heavy (non-hydrogen) atoms. The molecule has 0 spiro atoms. The number of allylic oxidation sites excluding steroid dienone is 1. The normalized spacial score (nSPS) is 23.2. The highest BCUT2D eigenvalue weighted by atomic mass is 19.4. The largest absolute Gasteiger partial charge is 0.394 e. The molecule has 118 valence electrons. The molecule has 0 radical (unpaired) electrons. The monoisotopic (exact) mass is 296 g/mol. The van der Waals surface area contributed by atoms with Crippen LogP contribution in [0.1, 0.15) is 39.5 Å². The zero-order valence-electron chi connectivity index (χ0n) is 11.9. The first-order valence-corrected chi connectivity index (χ1v) is 6.92. The zero-order valence-corrected chi connectivity index (χ0v) is 11.9. The Kier molecular flexibility index (Phi) is 6.99. The maximum atomic E-state index is 12.9. The minimum absolute atomic E-state index is 0.387. The molecule has 0 saturated carbocycles. The van der Waals surface area contributed by atoms with Crippen molar-refractivity contribution in [1.82, 2.24) is 0 Å². The summed E-state index contributed by atoms with van der Waals surface area (Å²) in [6.07, 6.45) is -2.55. The summed E-state index contributed by atoms with van der Waals surface area (Å²) in [4.78, 5) is 0. The van der Waals surface area contributed by atoms with Crippen molar-refractivity contribution in [2.24, 2.45) is 5.92 Å². The molecule has 3 atom stereocenters. The SMILES string of the molecule is CC(C)=CC(O)C[C@H](COC1CCCCO1)C(F)(F)F.